The van der Waals surface area contributed by atoms with E-state index in [0.29, 0.717) is 12.2 Å². The molecule has 3 N–H and O–H groups in total. The van der Waals surface area contributed by atoms with Crippen LogP contribution >= 0.6 is 0 Å². The highest BCUT2D eigenvalue weighted by Crippen LogP contribution is 2.36. The first-order valence-electron chi connectivity index (χ1n) is 8.31. The van der Waals surface area contributed by atoms with Crippen LogP contribution in [0.25, 0.3) is 0 Å². The number of rotatable bonds is 2. The number of hydrogen-bond donors (Lipinski definition) is 3. The minimum Gasteiger partial charge on any atom is -0.444 e. The number of carbonyl (C=O) groups is 2. The fourth-order valence-electron chi connectivity index (χ4n) is 2.50. The Labute approximate surface area is 148 Å². The molecule has 0 saturated carbocycles. The fraction of sp³-hybridized carbons (Fsp3) is 0.556. The number of benzene rings is 1. The van der Waals surface area contributed by atoms with Crippen LogP contribution in [-0.2, 0) is 9.47 Å². The molecule has 138 valence electrons. The number of alkyl carbamates (subject to hydrolysis) is 1. The van der Waals surface area contributed by atoms with E-state index < -0.39 is 23.4 Å². The molecule has 1 aromatic carbocycles. The fourth-order valence-corrected chi connectivity index (χ4v) is 2.50. The molecule has 1 aliphatic rings. The van der Waals surface area contributed by atoms with Gasteiger partial charge in [0.05, 0.1) is 11.7 Å². The van der Waals surface area contributed by atoms with Crippen LogP contribution in [0.2, 0.25) is 0 Å². The number of carbonyl (C=O) groups excluding carboxylic acids is 2. The minimum absolute atomic E-state index is 0.309. The van der Waals surface area contributed by atoms with Crippen LogP contribution in [0, 0.1) is 0 Å². The molecule has 0 aliphatic carbocycles. The maximum absolute atomic E-state index is 12.1. The van der Waals surface area contributed by atoms with Crippen LogP contribution in [0.3, 0.4) is 0 Å². The molecule has 0 saturated heterocycles. The molecule has 1 heterocycles. The van der Waals surface area contributed by atoms with E-state index in [1.54, 1.807) is 26.8 Å². The number of amides is 2. The highest BCUT2D eigenvalue weighted by Gasteiger charge is 2.29. The van der Waals surface area contributed by atoms with Crippen molar-refractivity contribution in [3.8, 4) is 0 Å². The lowest BCUT2D eigenvalue weighted by Crippen LogP contribution is -2.36. The lowest BCUT2D eigenvalue weighted by molar-refractivity contribution is 0.0508. The topological polar surface area (TPSA) is 88.7 Å². The Balaban J connectivity index is 2.14. The van der Waals surface area contributed by atoms with E-state index in [1.165, 1.54) is 0 Å². The van der Waals surface area contributed by atoms with E-state index in [-0.39, 0.29) is 6.04 Å². The molecule has 7 nitrogen and oxygen atoms in total. The summed E-state index contributed by atoms with van der Waals surface area (Å²) in [6.07, 6.45) is -1.04. The third-order valence-electron chi connectivity index (χ3n) is 3.28. The summed E-state index contributed by atoms with van der Waals surface area (Å²) in [4.78, 5) is 24.2. The largest absolute Gasteiger partial charge is 0.444 e. The third-order valence-corrected chi connectivity index (χ3v) is 3.28. The van der Waals surface area contributed by atoms with Gasteiger partial charge in [-0.3, -0.25) is 5.32 Å². The van der Waals surface area contributed by atoms with Crippen LogP contribution < -0.4 is 16.0 Å². The van der Waals surface area contributed by atoms with Crippen molar-refractivity contribution in [1.29, 1.82) is 0 Å². The second-order valence-corrected chi connectivity index (χ2v) is 7.97. The Morgan fingerprint density at radius 3 is 2.24 bits per heavy atom. The van der Waals surface area contributed by atoms with E-state index >= 15 is 0 Å². The predicted octanol–water partition coefficient (Wildman–Crippen LogP) is 4.02. The van der Waals surface area contributed by atoms with Gasteiger partial charge in [0.15, 0.2) is 0 Å². The Morgan fingerprint density at radius 2 is 1.64 bits per heavy atom. The molecule has 0 fully saturated rings. The average Bonchev–Trinajstić information content (AvgIpc) is 2.78. The lowest BCUT2D eigenvalue weighted by atomic mass is 10.1. The van der Waals surface area contributed by atoms with Crippen molar-refractivity contribution >= 4 is 23.6 Å². The predicted molar refractivity (Wildman–Crippen MR) is 96.9 cm³/mol. The van der Waals surface area contributed by atoms with E-state index in [4.69, 9.17) is 9.47 Å². The zero-order valence-corrected chi connectivity index (χ0v) is 15.6. The summed E-state index contributed by atoms with van der Waals surface area (Å²) in [5.41, 5.74) is 1.09. The summed E-state index contributed by atoms with van der Waals surface area (Å²) in [7, 11) is 0. The molecule has 0 radical (unpaired) electrons. The third kappa shape index (κ3) is 5.55. The molecular weight excluding hydrogens is 322 g/mol. The van der Waals surface area contributed by atoms with Crippen molar-refractivity contribution in [2.45, 2.75) is 58.8 Å². The van der Waals surface area contributed by atoms with Gasteiger partial charge in [0.1, 0.15) is 11.2 Å². The van der Waals surface area contributed by atoms with Crippen molar-refractivity contribution in [3.63, 3.8) is 0 Å². The molecular formula is C18H27N3O4. The van der Waals surface area contributed by atoms with Gasteiger partial charge in [0.2, 0.25) is 0 Å². The van der Waals surface area contributed by atoms with Crippen molar-refractivity contribution < 1.29 is 19.1 Å². The second kappa shape index (κ2) is 6.82. The van der Waals surface area contributed by atoms with Crippen molar-refractivity contribution in [3.05, 3.63) is 23.8 Å². The van der Waals surface area contributed by atoms with Gasteiger partial charge in [0, 0.05) is 17.8 Å². The first kappa shape index (κ1) is 18.9. The van der Waals surface area contributed by atoms with E-state index in [1.807, 2.05) is 32.9 Å². The normalized spacial score (nSPS) is 16.5. The van der Waals surface area contributed by atoms with Crippen LogP contribution in [0.15, 0.2) is 18.2 Å². The van der Waals surface area contributed by atoms with Crippen LogP contribution in [0.4, 0.5) is 21.0 Å². The van der Waals surface area contributed by atoms with Crippen molar-refractivity contribution in [2.75, 3.05) is 17.2 Å². The molecule has 1 atom stereocenters. The Hall–Kier alpha value is -2.44. The summed E-state index contributed by atoms with van der Waals surface area (Å²) in [6.45, 7) is 11.3. The first-order chi connectivity index (χ1) is 11.4. The number of hydrogen-bond acceptors (Lipinski definition) is 5. The highest BCUT2D eigenvalue weighted by molar-refractivity contribution is 5.88. The summed E-state index contributed by atoms with van der Waals surface area (Å²) < 4.78 is 10.6. The Kier molecular flexibility index (Phi) is 5.15. The van der Waals surface area contributed by atoms with E-state index in [2.05, 4.69) is 16.0 Å². The van der Waals surface area contributed by atoms with Gasteiger partial charge >= 0.3 is 12.2 Å². The lowest BCUT2D eigenvalue weighted by Gasteiger charge is -2.23. The molecule has 0 bridgehead atoms. The van der Waals surface area contributed by atoms with Gasteiger partial charge in [-0.15, -0.1) is 0 Å². The van der Waals surface area contributed by atoms with Gasteiger partial charge in [-0.25, -0.2) is 9.59 Å². The smallest absolute Gasteiger partial charge is 0.412 e. The van der Waals surface area contributed by atoms with Crippen LogP contribution in [-0.4, -0.2) is 29.9 Å². The number of nitrogens with one attached hydrogen (secondary N) is 3. The Bertz CT molecular complexity index is 659. The SMILES string of the molecule is CC(C)(C)OC(=O)Nc1cccc2c1C(NC(=O)OC(C)(C)C)CN2. The van der Waals surface area contributed by atoms with Crippen LogP contribution in [0.5, 0.6) is 0 Å². The summed E-state index contributed by atoms with van der Waals surface area (Å²) >= 11 is 0. The van der Waals surface area contributed by atoms with Crippen LogP contribution in [0.1, 0.15) is 53.1 Å². The molecule has 2 amide bonds. The van der Waals surface area contributed by atoms with E-state index in [9.17, 15) is 9.59 Å². The van der Waals surface area contributed by atoms with E-state index in [0.717, 1.165) is 11.3 Å². The molecule has 1 aliphatic heterocycles. The summed E-state index contributed by atoms with van der Waals surface area (Å²) in [5.74, 6) is 0. The molecule has 25 heavy (non-hydrogen) atoms. The van der Waals surface area contributed by atoms with Crippen molar-refractivity contribution in [2.24, 2.45) is 0 Å². The first-order valence-corrected chi connectivity index (χ1v) is 8.31. The van der Waals surface area contributed by atoms with Gasteiger partial charge in [-0.1, -0.05) is 6.07 Å². The zero-order valence-electron chi connectivity index (χ0n) is 15.6. The minimum atomic E-state index is -0.589. The summed E-state index contributed by atoms with van der Waals surface area (Å²) in [6, 6.07) is 5.19. The van der Waals surface area contributed by atoms with Gasteiger partial charge in [0.25, 0.3) is 0 Å². The highest BCUT2D eigenvalue weighted by atomic mass is 16.6. The van der Waals surface area contributed by atoms with Gasteiger partial charge in [-0.05, 0) is 53.7 Å². The Morgan fingerprint density at radius 1 is 1.04 bits per heavy atom. The molecule has 7 heteroatoms. The standard InChI is InChI=1S/C18H27N3O4/c1-17(2,3)24-15(22)20-12-9-7-8-11-14(12)13(10-19-11)21-16(23)25-18(4,5)6/h7-9,13,19H,10H2,1-6H3,(H,20,22)(H,21,23). The monoisotopic (exact) mass is 349 g/mol. The maximum Gasteiger partial charge on any atom is 0.412 e. The number of anilines is 2. The maximum atomic E-state index is 12.1. The molecule has 2 rings (SSSR count). The molecule has 0 aromatic heterocycles. The zero-order chi connectivity index (χ0) is 18.8. The molecule has 0 spiro atoms. The van der Waals surface area contributed by atoms with Gasteiger partial charge < -0.3 is 20.1 Å². The number of fused-ring (bicyclic) bond motifs is 1. The quantitative estimate of drug-likeness (QED) is 0.750. The average molecular weight is 349 g/mol. The molecule has 1 unspecified atom stereocenters. The summed E-state index contributed by atoms with van der Waals surface area (Å²) in [5, 5.41) is 8.81. The molecule has 1 aromatic rings. The van der Waals surface area contributed by atoms with Crippen molar-refractivity contribution in [1.82, 2.24) is 5.32 Å². The second-order valence-electron chi connectivity index (χ2n) is 7.97. The van der Waals surface area contributed by atoms with Gasteiger partial charge in [-0.2, -0.15) is 0 Å². The number of ether oxygens (including phenoxy) is 2.